The molecule has 1 aliphatic heterocycles. The van der Waals surface area contributed by atoms with Gasteiger partial charge in [0, 0.05) is 11.0 Å². The van der Waals surface area contributed by atoms with E-state index in [1.165, 1.54) is 7.11 Å². The van der Waals surface area contributed by atoms with Crippen LogP contribution in [0.3, 0.4) is 0 Å². The molecule has 0 radical (unpaired) electrons. The van der Waals surface area contributed by atoms with Crippen molar-refractivity contribution in [2.45, 2.75) is 6.42 Å². The summed E-state index contributed by atoms with van der Waals surface area (Å²) in [7, 11) is 1.42. The van der Waals surface area contributed by atoms with E-state index in [1.807, 2.05) is 24.3 Å². The monoisotopic (exact) mass is 295 g/mol. The third kappa shape index (κ3) is 2.76. The van der Waals surface area contributed by atoms with Crippen molar-refractivity contribution in [1.29, 1.82) is 0 Å². The highest BCUT2D eigenvalue weighted by Gasteiger charge is 2.20. The fraction of sp³-hybridized carbons (Fsp3) is 0.308. The van der Waals surface area contributed by atoms with E-state index in [-0.39, 0.29) is 5.97 Å². The van der Waals surface area contributed by atoms with Crippen molar-refractivity contribution in [3.05, 3.63) is 39.9 Å². The molecule has 0 saturated carbocycles. The zero-order valence-corrected chi connectivity index (χ0v) is 11.2. The topological polar surface area (TPSA) is 38.3 Å². The fourth-order valence-corrected chi connectivity index (χ4v) is 2.24. The minimum atomic E-state index is -0.241. The summed E-state index contributed by atoms with van der Waals surface area (Å²) in [5.41, 5.74) is 2.92. The first kappa shape index (κ1) is 12.3. The summed E-state index contributed by atoms with van der Waals surface area (Å²) < 4.78 is 5.86. The third-order valence-corrected chi connectivity index (χ3v) is 3.37. The van der Waals surface area contributed by atoms with Crippen molar-refractivity contribution in [1.82, 2.24) is 5.32 Å². The maximum absolute atomic E-state index is 11.7. The van der Waals surface area contributed by atoms with Crippen molar-refractivity contribution in [2.24, 2.45) is 0 Å². The Hall–Kier alpha value is -1.13. The molecular formula is C13H14BrNO2. The Morgan fingerprint density at radius 3 is 2.71 bits per heavy atom. The number of rotatable bonds is 2. The molecule has 1 heterocycles. The molecule has 1 aliphatic rings. The Labute approximate surface area is 109 Å². The Morgan fingerprint density at radius 1 is 1.35 bits per heavy atom. The molecule has 0 fully saturated rings. The van der Waals surface area contributed by atoms with Gasteiger partial charge in [-0.15, -0.1) is 0 Å². The highest BCUT2D eigenvalue weighted by atomic mass is 79.9. The zero-order valence-electron chi connectivity index (χ0n) is 9.63. The predicted octanol–water partition coefficient (Wildman–Crippen LogP) is 2.37. The van der Waals surface area contributed by atoms with Gasteiger partial charge in [-0.1, -0.05) is 28.1 Å². The summed E-state index contributed by atoms with van der Waals surface area (Å²) >= 11 is 3.41. The molecule has 0 bridgehead atoms. The predicted molar refractivity (Wildman–Crippen MR) is 70.6 cm³/mol. The third-order valence-electron chi connectivity index (χ3n) is 2.84. The van der Waals surface area contributed by atoms with Crippen molar-refractivity contribution >= 4 is 27.5 Å². The SMILES string of the molecule is COC(=O)C1=C(c2ccc(Br)cc2)CCNC1. The minimum absolute atomic E-state index is 0.241. The van der Waals surface area contributed by atoms with Crippen molar-refractivity contribution < 1.29 is 9.53 Å². The first-order chi connectivity index (χ1) is 8.22. The van der Waals surface area contributed by atoms with Crippen LogP contribution in [0, 0.1) is 0 Å². The number of methoxy groups -OCH3 is 1. The minimum Gasteiger partial charge on any atom is -0.466 e. The van der Waals surface area contributed by atoms with Gasteiger partial charge in [0.15, 0.2) is 0 Å². The lowest BCUT2D eigenvalue weighted by Gasteiger charge is -2.20. The highest BCUT2D eigenvalue weighted by Crippen LogP contribution is 2.26. The van der Waals surface area contributed by atoms with Crippen LogP contribution in [-0.4, -0.2) is 26.2 Å². The van der Waals surface area contributed by atoms with E-state index < -0.39 is 0 Å². The first-order valence-electron chi connectivity index (χ1n) is 5.49. The smallest absolute Gasteiger partial charge is 0.335 e. The molecular weight excluding hydrogens is 282 g/mol. The number of hydrogen-bond donors (Lipinski definition) is 1. The van der Waals surface area contributed by atoms with Crippen molar-refractivity contribution in [3.63, 3.8) is 0 Å². The number of benzene rings is 1. The fourth-order valence-electron chi connectivity index (χ4n) is 1.97. The summed E-state index contributed by atoms with van der Waals surface area (Å²) in [6.07, 6.45) is 0.853. The second-order valence-corrected chi connectivity index (χ2v) is 4.80. The number of hydrogen-bond acceptors (Lipinski definition) is 3. The molecule has 1 N–H and O–H groups in total. The summed E-state index contributed by atoms with van der Waals surface area (Å²) in [4.78, 5) is 11.7. The normalized spacial score (nSPS) is 15.9. The van der Waals surface area contributed by atoms with Crippen LogP contribution in [0.4, 0.5) is 0 Å². The van der Waals surface area contributed by atoms with Crippen LogP contribution in [0.15, 0.2) is 34.3 Å². The van der Waals surface area contributed by atoms with Gasteiger partial charge in [-0.05, 0) is 36.2 Å². The Bertz CT molecular complexity index is 451. The van der Waals surface area contributed by atoms with Gasteiger partial charge in [0.1, 0.15) is 0 Å². The number of ether oxygens (including phenoxy) is 1. The van der Waals surface area contributed by atoms with E-state index in [2.05, 4.69) is 21.2 Å². The molecule has 1 aromatic carbocycles. The summed E-state index contributed by atoms with van der Waals surface area (Å²) in [6, 6.07) is 8.01. The molecule has 3 nitrogen and oxygen atoms in total. The Balaban J connectivity index is 2.41. The molecule has 0 amide bonds. The molecule has 2 rings (SSSR count). The molecule has 0 aromatic heterocycles. The number of halogens is 1. The van der Waals surface area contributed by atoms with E-state index in [0.29, 0.717) is 6.54 Å². The summed E-state index contributed by atoms with van der Waals surface area (Å²) in [5.74, 6) is -0.241. The second kappa shape index (κ2) is 5.47. The number of carbonyl (C=O) groups is 1. The first-order valence-corrected chi connectivity index (χ1v) is 6.28. The number of carbonyl (C=O) groups excluding carboxylic acids is 1. The van der Waals surface area contributed by atoms with E-state index in [0.717, 1.165) is 34.1 Å². The number of nitrogens with one attached hydrogen (secondary N) is 1. The van der Waals surface area contributed by atoms with Gasteiger partial charge in [0.25, 0.3) is 0 Å². The largest absolute Gasteiger partial charge is 0.466 e. The van der Waals surface area contributed by atoms with Crippen LogP contribution >= 0.6 is 15.9 Å². The molecule has 0 spiro atoms. The lowest BCUT2D eigenvalue weighted by Crippen LogP contribution is -2.28. The molecule has 0 unspecified atom stereocenters. The van der Waals surface area contributed by atoms with Gasteiger partial charge < -0.3 is 10.1 Å². The van der Waals surface area contributed by atoms with E-state index in [4.69, 9.17) is 4.74 Å². The quantitative estimate of drug-likeness (QED) is 0.852. The lowest BCUT2D eigenvalue weighted by molar-refractivity contribution is -0.136. The van der Waals surface area contributed by atoms with Gasteiger partial charge in [-0.3, -0.25) is 0 Å². The van der Waals surface area contributed by atoms with Crippen LogP contribution in [0.2, 0.25) is 0 Å². The van der Waals surface area contributed by atoms with E-state index in [9.17, 15) is 4.79 Å². The van der Waals surface area contributed by atoms with E-state index in [1.54, 1.807) is 0 Å². The zero-order chi connectivity index (χ0) is 12.3. The molecule has 90 valence electrons. The van der Waals surface area contributed by atoms with Crippen LogP contribution in [-0.2, 0) is 9.53 Å². The van der Waals surface area contributed by atoms with Gasteiger partial charge in [0.05, 0.1) is 12.7 Å². The summed E-state index contributed by atoms with van der Waals surface area (Å²) in [5, 5.41) is 3.19. The molecule has 0 aliphatic carbocycles. The average molecular weight is 296 g/mol. The lowest BCUT2D eigenvalue weighted by atomic mass is 9.94. The van der Waals surface area contributed by atoms with Gasteiger partial charge >= 0.3 is 5.97 Å². The maximum atomic E-state index is 11.7. The van der Waals surface area contributed by atoms with Gasteiger partial charge in [0.2, 0.25) is 0 Å². The average Bonchev–Trinajstić information content (AvgIpc) is 2.39. The standard InChI is InChI=1S/C13H14BrNO2/c1-17-13(16)12-8-15-7-6-11(12)9-2-4-10(14)5-3-9/h2-5,15H,6-8H2,1H3. The molecule has 0 atom stereocenters. The van der Waals surface area contributed by atoms with Crippen LogP contribution in [0.1, 0.15) is 12.0 Å². The maximum Gasteiger partial charge on any atom is 0.335 e. The van der Waals surface area contributed by atoms with Crippen molar-refractivity contribution in [3.8, 4) is 0 Å². The van der Waals surface area contributed by atoms with Crippen molar-refractivity contribution in [2.75, 3.05) is 20.2 Å². The Morgan fingerprint density at radius 2 is 2.06 bits per heavy atom. The number of esters is 1. The summed E-state index contributed by atoms with van der Waals surface area (Å²) in [6.45, 7) is 1.48. The molecule has 4 heteroatoms. The molecule has 0 saturated heterocycles. The van der Waals surface area contributed by atoms with Crippen LogP contribution < -0.4 is 5.32 Å². The van der Waals surface area contributed by atoms with Gasteiger partial charge in [-0.25, -0.2) is 4.79 Å². The van der Waals surface area contributed by atoms with Gasteiger partial charge in [-0.2, -0.15) is 0 Å². The Kier molecular flexibility index (Phi) is 3.97. The second-order valence-electron chi connectivity index (χ2n) is 3.88. The van der Waals surface area contributed by atoms with Crippen LogP contribution in [0.5, 0.6) is 0 Å². The highest BCUT2D eigenvalue weighted by molar-refractivity contribution is 9.10. The van der Waals surface area contributed by atoms with E-state index >= 15 is 0 Å². The molecule has 1 aromatic rings. The van der Waals surface area contributed by atoms with Crippen LogP contribution in [0.25, 0.3) is 5.57 Å². The molecule has 17 heavy (non-hydrogen) atoms.